The molecule has 0 spiro atoms. The van der Waals surface area contributed by atoms with Crippen LogP contribution in [0.15, 0.2) is 35.3 Å². The SMILES string of the molecule is Cc1ccc(CC2CN(C(=O)c3nnn4cc(C)[nH]c(=O)c34)C2)cc1. The maximum absolute atomic E-state index is 12.6. The van der Waals surface area contributed by atoms with Crippen molar-refractivity contribution < 1.29 is 4.79 Å². The molecule has 0 radical (unpaired) electrons. The van der Waals surface area contributed by atoms with E-state index >= 15 is 0 Å². The first-order chi connectivity index (χ1) is 12.0. The number of carbonyl (C=O) groups is 1. The van der Waals surface area contributed by atoms with Crippen molar-refractivity contribution in [2.75, 3.05) is 13.1 Å². The number of carbonyl (C=O) groups excluding carboxylic acids is 1. The third-order valence-electron chi connectivity index (χ3n) is 4.63. The number of aromatic nitrogens is 4. The number of rotatable bonds is 3. The van der Waals surface area contributed by atoms with Crippen molar-refractivity contribution in [3.63, 3.8) is 0 Å². The van der Waals surface area contributed by atoms with Gasteiger partial charge in [0.1, 0.15) is 0 Å². The zero-order valence-electron chi connectivity index (χ0n) is 14.2. The fraction of sp³-hybridized carbons (Fsp3) is 0.333. The summed E-state index contributed by atoms with van der Waals surface area (Å²) in [6.07, 6.45) is 2.60. The molecular weight excluding hydrogens is 318 g/mol. The molecule has 0 aliphatic carbocycles. The monoisotopic (exact) mass is 337 g/mol. The normalized spacial score (nSPS) is 14.7. The van der Waals surface area contributed by atoms with Crippen LogP contribution in [0.5, 0.6) is 0 Å². The molecule has 1 fully saturated rings. The number of H-pyrrole nitrogens is 1. The van der Waals surface area contributed by atoms with Crippen molar-refractivity contribution in [1.29, 1.82) is 0 Å². The number of likely N-dealkylation sites (tertiary alicyclic amines) is 1. The third-order valence-corrected chi connectivity index (χ3v) is 4.63. The smallest absolute Gasteiger partial charge is 0.276 e. The standard InChI is InChI=1S/C18H19N5O2/c1-11-3-5-13(6-4-11)7-14-9-22(10-14)18(25)15-16-17(24)19-12(2)8-23(16)21-20-15/h3-6,8,14H,7,9-10H2,1-2H3,(H,19,24). The summed E-state index contributed by atoms with van der Waals surface area (Å²) in [6, 6.07) is 8.48. The lowest BCUT2D eigenvalue weighted by Crippen LogP contribution is -2.51. The molecular formula is C18H19N5O2. The Morgan fingerprint density at radius 3 is 2.68 bits per heavy atom. The molecule has 2 aromatic heterocycles. The zero-order chi connectivity index (χ0) is 17.6. The van der Waals surface area contributed by atoms with Crippen molar-refractivity contribution in [3.05, 3.63) is 63.3 Å². The fourth-order valence-corrected chi connectivity index (χ4v) is 3.27. The zero-order valence-corrected chi connectivity index (χ0v) is 14.2. The second-order valence-electron chi connectivity index (χ2n) is 6.76. The van der Waals surface area contributed by atoms with Crippen LogP contribution < -0.4 is 5.56 Å². The molecule has 4 rings (SSSR count). The number of aromatic amines is 1. The highest BCUT2D eigenvalue weighted by atomic mass is 16.2. The summed E-state index contributed by atoms with van der Waals surface area (Å²) in [5.41, 5.74) is 3.18. The van der Waals surface area contributed by atoms with E-state index in [0.717, 1.165) is 6.42 Å². The van der Waals surface area contributed by atoms with E-state index in [-0.39, 0.29) is 22.7 Å². The Kier molecular flexibility index (Phi) is 3.63. The topological polar surface area (TPSA) is 83.4 Å². The lowest BCUT2D eigenvalue weighted by Gasteiger charge is -2.39. The van der Waals surface area contributed by atoms with Gasteiger partial charge in [0.2, 0.25) is 0 Å². The highest BCUT2D eigenvalue weighted by Crippen LogP contribution is 2.23. The summed E-state index contributed by atoms with van der Waals surface area (Å²) >= 11 is 0. The highest BCUT2D eigenvalue weighted by Gasteiger charge is 2.33. The Hall–Kier alpha value is -2.96. The van der Waals surface area contributed by atoms with Crippen molar-refractivity contribution in [1.82, 2.24) is 24.7 Å². The van der Waals surface area contributed by atoms with Gasteiger partial charge in [0.05, 0.1) is 6.20 Å². The van der Waals surface area contributed by atoms with Crippen LogP contribution >= 0.6 is 0 Å². The van der Waals surface area contributed by atoms with E-state index in [0.29, 0.717) is 24.7 Å². The van der Waals surface area contributed by atoms with Crippen LogP contribution in [0.4, 0.5) is 0 Å². The summed E-state index contributed by atoms with van der Waals surface area (Å²) in [5, 5.41) is 7.82. The van der Waals surface area contributed by atoms with Gasteiger partial charge in [-0.3, -0.25) is 9.59 Å². The molecule has 1 N–H and O–H groups in total. The molecule has 1 aliphatic rings. The predicted molar refractivity (Wildman–Crippen MR) is 92.6 cm³/mol. The van der Waals surface area contributed by atoms with Crippen LogP contribution in [-0.4, -0.2) is 43.7 Å². The lowest BCUT2D eigenvalue weighted by molar-refractivity contribution is 0.0497. The minimum absolute atomic E-state index is 0.120. The van der Waals surface area contributed by atoms with Gasteiger partial charge in [-0.2, -0.15) is 0 Å². The number of nitrogens with one attached hydrogen (secondary N) is 1. The van der Waals surface area contributed by atoms with E-state index in [4.69, 9.17) is 0 Å². The number of aryl methyl sites for hydroxylation is 2. The summed E-state index contributed by atoms with van der Waals surface area (Å²) in [5.74, 6) is 0.207. The third kappa shape index (κ3) is 2.82. The molecule has 0 atom stereocenters. The molecule has 1 saturated heterocycles. The Morgan fingerprint density at radius 2 is 1.96 bits per heavy atom. The average Bonchev–Trinajstić information content (AvgIpc) is 2.95. The molecule has 0 saturated carbocycles. The Bertz CT molecular complexity index is 996. The summed E-state index contributed by atoms with van der Waals surface area (Å²) in [4.78, 5) is 29.2. The maximum atomic E-state index is 12.6. The van der Waals surface area contributed by atoms with Gasteiger partial charge in [0, 0.05) is 18.8 Å². The first kappa shape index (κ1) is 15.6. The minimum atomic E-state index is -0.343. The first-order valence-electron chi connectivity index (χ1n) is 8.31. The largest absolute Gasteiger partial charge is 0.336 e. The maximum Gasteiger partial charge on any atom is 0.276 e. The van der Waals surface area contributed by atoms with Crippen molar-refractivity contribution >= 4 is 11.4 Å². The van der Waals surface area contributed by atoms with Gasteiger partial charge in [-0.1, -0.05) is 35.0 Å². The number of hydrogen-bond donors (Lipinski definition) is 1. The Morgan fingerprint density at radius 1 is 1.24 bits per heavy atom. The van der Waals surface area contributed by atoms with Gasteiger partial charge in [-0.15, -0.1) is 5.10 Å². The average molecular weight is 337 g/mol. The molecule has 1 aliphatic heterocycles. The summed E-state index contributed by atoms with van der Waals surface area (Å²) in [6.45, 7) is 5.18. The van der Waals surface area contributed by atoms with Crippen LogP contribution in [-0.2, 0) is 6.42 Å². The first-order valence-corrected chi connectivity index (χ1v) is 8.31. The second-order valence-corrected chi connectivity index (χ2v) is 6.76. The van der Waals surface area contributed by atoms with Crippen molar-refractivity contribution in [3.8, 4) is 0 Å². The van der Waals surface area contributed by atoms with Crippen LogP contribution in [0.25, 0.3) is 5.52 Å². The molecule has 3 aromatic rings. The molecule has 128 valence electrons. The molecule has 25 heavy (non-hydrogen) atoms. The minimum Gasteiger partial charge on any atom is -0.336 e. The molecule has 0 unspecified atom stereocenters. The van der Waals surface area contributed by atoms with Crippen molar-refractivity contribution in [2.24, 2.45) is 5.92 Å². The quantitative estimate of drug-likeness (QED) is 0.782. The number of amides is 1. The summed E-state index contributed by atoms with van der Waals surface area (Å²) in [7, 11) is 0. The molecule has 1 aromatic carbocycles. The lowest BCUT2D eigenvalue weighted by atomic mass is 9.91. The van der Waals surface area contributed by atoms with Crippen LogP contribution in [0.3, 0.4) is 0 Å². The van der Waals surface area contributed by atoms with E-state index in [1.165, 1.54) is 15.6 Å². The molecule has 7 heteroatoms. The van der Waals surface area contributed by atoms with Gasteiger partial charge in [-0.05, 0) is 31.7 Å². The fourth-order valence-electron chi connectivity index (χ4n) is 3.27. The van der Waals surface area contributed by atoms with E-state index in [1.807, 2.05) is 0 Å². The van der Waals surface area contributed by atoms with Crippen LogP contribution in [0.1, 0.15) is 27.3 Å². The molecule has 7 nitrogen and oxygen atoms in total. The summed E-state index contributed by atoms with van der Waals surface area (Å²) < 4.78 is 1.37. The Balaban J connectivity index is 1.47. The van der Waals surface area contributed by atoms with Gasteiger partial charge in [0.15, 0.2) is 11.2 Å². The second kappa shape index (κ2) is 5.84. The van der Waals surface area contributed by atoms with E-state index in [1.54, 1.807) is 18.0 Å². The van der Waals surface area contributed by atoms with Gasteiger partial charge in [-0.25, -0.2) is 4.52 Å². The van der Waals surface area contributed by atoms with E-state index in [2.05, 4.69) is 46.5 Å². The van der Waals surface area contributed by atoms with Gasteiger partial charge >= 0.3 is 0 Å². The number of fused-ring (bicyclic) bond motifs is 1. The van der Waals surface area contributed by atoms with Crippen LogP contribution in [0, 0.1) is 19.8 Å². The number of benzene rings is 1. The highest BCUT2D eigenvalue weighted by molar-refractivity contribution is 5.98. The Labute approximate surface area is 144 Å². The van der Waals surface area contributed by atoms with E-state index < -0.39 is 0 Å². The number of hydrogen-bond acceptors (Lipinski definition) is 4. The van der Waals surface area contributed by atoms with Gasteiger partial charge < -0.3 is 9.88 Å². The predicted octanol–water partition coefficient (Wildman–Crippen LogP) is 1.35. The van der Waals surface area contributed by atoms with Gasteiger partial charge in [0.25, 0.3) is 11.5 Å². The molecule has 0 bridgehead atoms. The van der Waals surface area contributed by atoms with Crippen LogP contribution in [0.2, 0.25) is 0 Å². The number of nitrogens with zero attached hydrogens (tertiary/aromatic N) is 4. The van der Waals surface area contributed by atoms with Crippen molar-refractivity contribution in [2.45, 2.75) is 20.3 Å². The van der Waals surface area contributed by atoms with E-state index in [9.17, 15) is 9.59 Å². The molecule has 1 amide bonds. The molecule has 3 heterocycles.